The molecule has 3 heterocycles. The molecular weight excluding hydrogens is 725 g/mol. The van der Waals surface area contributed by atoms with Crippen molar-refractivity contribution in [3.63, 3.8) is 0 Å². The molecule has 0 radical (unpaired) electrons. The third-order valence-electron chi connectivity index (χ3n) is 11.6. The first kappa shape index (κ1) is 32.8. The van der Waals surface area contributed by atoms with Crippen molar-refractivity contribution in [1.82, 2.24) is 4.57 Å². The van der Waals surface area contributed by atoms with Crippen molar-refractivity contribution in [3.8, 4) is 27.9 Å². The molecule has 0 aliphatic carbocycles. The summed E-state index contributed by atoms with van der Waals surface area (Å²) >= 11 is 1.86. The Bertz CT molecular complexity index is 3480. The first-order chi connectivity index (χ1) is 28.7. The van der Waals surface area contributed by atoms with Crippen molar-refractivity contribution in [3.05, 3.63) is 206 Å². The number of anilines is 3. The van der Waals surface area contributed by atoms with Gasteiger partial charge in [0.05, 0.1) is 11.0 Å². The Morgan fingerprint density at radius 1 is 0.345 bits per heavy atom. The van der Waals surface area contributed by atoms with Crippen LogP contribution in [0.2, 0.25) is 0 Å². The highest BCUT2D eigenvalue weighted by atomic mass is 32.1. The van der Waals surface area contributed by atoms with E-state index >= 15 is 0 Å². The van der Waals surface area contributed by atoms with E-state index in [-0.39, 0.29) is 0 Å². The van der Waals surface area contributed by atoms with Crippen LogP contribution >= 0.6 is 11.3 Å². The molecule has 0 aliphatic rings. The lowest BCUT2D eigenvalue weighted by Crippen LogP contribution is -2.10. The normalized spacial score (nSPS) is 11.8. The van der Waals surface area contributed by atoms with Crippen LogP contribution in [-0.4, -0.2) is 4.57 Å². The van der Waals surface area contributed by atoms with Gasteiger partial charge < -0.3 is 13.9 Å². The molecule has 58 heavy (non-hydrogen) atoms. The smallest absolute Gasteiger partial charge is 0.135 e. The monoisotopic (exact) mass is 758 g/mol. The fraction of sp³-hybridized carbons (Fsp3) is 0. The number of rotatable bonds is 6. The number of fused-ring (bicyclic) bond motifs is 9. The third-order valence-corrected chi connectivity index (χ3v) is 12.7. The molecule has 0 bridgehead atoms. The molecule has 0 saturated carbocycles. The molecule has 0 unspecified atom stereocenters. The molecule has 0 atom stereocenters. The van der Waals surface area contributed by atoms with Gasteiger partial charge in [-0.2, -0.15) is 0 Å². The zero-order valence-corrected chi connectivity index (χ0v) is 32.2. The van der Waals surface area contributed by atoms with E-state index in [1.54, 1.807) is 0 Å². The molecule has 0 spiro atoms. The minimum atomic E-state index is 0.905. The summed E-state index contributed by atoms with van der Waals surface area (Å²) in [5.74, 6) is 0. The van der Waals surface area contributed by atoms with E-state index in [1.807, 2.05) is 23.5 Å². The molecule has 12 rings (SSSR count). The van der Waals surface area contributed by atoms with Crippen molar-refractivity contribution in [2.24, 2.45) is 0 Å². The summed E-state index contributed by atoms with van der Waals surface area (Å²) in [5, 5.41) is 7.38. The fourth-order valence-electron chi connectivity index (χ4n) is 8.86. The molecule has 3 aromatic heterocycles. The first-order valence-electron chi connectivity index (χ1n) is 19.7. The van der Waals surface area contributed by atoms with E-state index in [1.165, 1.54) is 53.1 Å². The molecule has 272 valence electrons. The van der Waals surface area contributed by atoms with E-state index in [2.05, 4.69) is 204 Å². The maximum absolute atomic E-state index is 6.15. The highest BCUT2D eigenvalue weighted by Crippen LogP contribution is 2.42. The Kier molecular flexibility index (Phi) is 7.40. The Morgan fingerprint density at radius 2 is 0.914 bits per heavy atom. The average molecular weight is 759 g/mol. The maximum atomic E-state index is 6.15. The quantitative estimate of drug-likeness (QED) is 0.168. The van der Waals surface area contributed by atoms with Crippen molar-refractivity contribution < 1.29 is 4.42 Å². The maximum Gasteiger partial charge on any atom is 0.135 e. The summed E-state index contributed by atoms with van der Waals surface area (Å²) in [6.45, 7) is 0. The van der Waals surface area contributed by atoms with Gasteiger partial charge in [0.25, 0.3) is 0 Å². The number of furan rings is 1. The van der Waals surface area contributed by atoms with E-state index in [9.17, 15) is 0 Å². The van der Waals surface area contributed by atoms with Gasteiger partial charge >= 0.3 is 0 Å². The van der Waals surface area contributed by atoms with Gasteiger partial charge in [-0.05, 0) is 113 Å². The van der Waals surface area contributed by atoms with Crippen molar-refractivity contribution in [2.45, 2.75) is 0 Å². The first-order valence-corrected chi connectivity index (χ1v) is 20.5. The minimum absolute atomic E-state index is 0.905. The third kappa shape index (κ3) is 5.27. The number of nitrogens with zero attached hydrogens (tertiary/aromatic N) is 2. The standard InChI is InChI=1S/C54H34N2OS/c1-5-19-49-43(15-1)44-16-2-6-20-50(44)56(49)42-14-10-13-41(34-42)55(39-27-23-35(24-28-39)37-25-29-52-47(32-37)45-17-3-7-21-51(45)57-52)40-12-9-11-36(31-40)38-26-30-54-48(33-38)46-18-4-8-22-53(46)58-54/h1-34H. The molecule has 0 fully saturated rings. The lowest BCUT2D eigenvalue weighted by Gasteiger charge is -2.27. The molecule has 4 heteroatoms. The molecule has 0 aliphatic heterocycles. The van der Waals surface area contributed by atoms with Crippen LogP contribution in [0.15, 0.2) is 211 Å². The SMILES string of the molecule is c1cc(-c2ccc3sc4ccccc4c3c2)cc(N(c2ccc(-c3ccc4oc5ccccc5c4c3)cc2)c2cccc(-n3c4ccccc4c4ccccc43)c2)c1. The second-order valence-corrected chi connectivity index (χ2v) is 16.0. The summed E-state index contributed by atoms with van der Waals surface area (Å²) in [5.41, 5.74) is 13.2. The highest BCUT2D eigenvalue weighted by molar-refractivity contribution is 7.25. The average Bonchev–Trinajstić information content (AvgIpc) is 3.96. The van der Waals surface area contributed by atoms with Gasteiger partial charge in [-0.3, -0.25) is 0 Å². The molecule has 9 aromatic carbocycles. The highest BCUT2D eigenvalue weighted by Gasteiger charge is 2.18. The number of hydrogen-bond acceptors (Lipinski definition) is 3. The molecular formula is C54H34N2OS. The van der Waals surface area contributed by atoms with Gasteiger partial charge in [0.15, 0.2) is 0 Å². The molecule has 12 aromatic rings. The predicted octanol–water partition coefficient (Wildman–Crippen LogP) is 15.9. The van der Waals surface area contributed by atoms with Gasteiger partial charge in [0.2, 0.25) is 0 Å². The zero-order valence-electron chi connectivity index (χ0n) is 31.3. The van der Waals surface area contributed by atoms with Gasteiger partial charge in [-0.25, -0.2) is 0 Å². The number of aromatic nitrogens is 1. The topological polar surface area (TPSA) is 21.3 Å². The largest absolute Gasteiger partial charge is 0.456 e. The molecule has 0 saturated heterocycles. The van der Waals surface area contributed by atoms with Crippen LogP contribution in [0.5, 0.6) is 0 Å². The Morgan fingerprint density at radius 3 is 1.72 bits per heavy atom. The summed E-state index contributed by atoms with van der Waals surface area (Å²) in [6.07, 6.45) is 0. The van der Waals surface area contributed by atoms with E-state index in [4.69, 9.17) is 4.42 Å². The van der Waals surface area contributed by atoms with Crippen molar-refractivity contribution >= 4 is 92.3 Å². The Balaban J connectivity index is 1.00. The Labute approximate surface area is 338 Å². The van der Waals surface area contributed by atoms with Crippen LogP contribution in [0, 0.1) is 0 Å². The van der Waals surface area contributed by atoms with Crippen LogP contribution in [0.4, 0.5) is 17.1 Å². The van der Waals surface area contributed by atoms with Crippen molar-refractivity contribution in [1.29, 1.82) is 0 Å². The van der Waals surface area contributed by atoms with Gasteiger partial charge in [0, 0.05) is 64.5 Å². The van der Waals surface area contributed by atoms with E-state index in [0.717, 1.165) is 55.8 Å². The van der Waals surface area contributed by atoms with Gasteiger partial charge in [-0.15, -0.1) is 11.3 Å². The van der Waals surface area contributed by atoms with Crippen LogP contribution in [-0.2, 0) is 0 Å². The van der Waals surface area contributed by atoms with E-state index in [0.29, 0.717) is 0 Å². The van der Waals surface area contributed by atoms with Crippen molar-refractivity contribution in [2.75, 3.05) is 4.90 Å². The lowest BCUT2D eigenvalue weighted by molar-refractivity contribution is 0.669. The number of para-hydroxylation sites is 3. The van der Waals surface area contributed by atoms with Crippen LogP contribution in [0.3, 0.4) is 0 Å². The molecule has 0 amide bonds. The number of benzene rings is 9. The number of thiophene rings is 1. The molecule has 0 N–H and O–H groups in total. The Hall–Kier alpha value is -7.40. The van der Waals surface area contributed by atoms with Crippen LogP contribution in [0.1, 0.15) is 0 Å². The molecule has 3 nitrogen and oxygen atoms in total. The zero-order chi connectivity index (χ0) is 38.2. The van der Waals surface area contributed by atoms with E-state index < -0.39 is 0 Å². The minimum Gasteiger partial charge on any atom is -0.456 e. The summed E-state index contributed by atoms with van der Waals surface area (Å²) in [7, 11) is 0. The summed E-state index contributed by atoms with van der Waals surface area (Å²) in [4.78, 5) is 2.38. The fourth-order valence-corrected chi connectivity index (χ4v) is 9.94. The summed E-state index contributed by atoms with van der Waals surface area (Å²) < 4.78 is 11.2. The lowest BCUT2D eigenvalue weighted by atomic mass is 10.0. The van der Waals surface area contributed by atoms with Crippen LogP contribution < -0.4 is 4.90 Å². The van der Waals surface area contributed by atoms with Gasteiger partial charge in [-0.1, -0.05) is 115 Å². The second kappa shape index (κ2) is 13.1. The summed E-state index contributed by atoms with van der Waals surface area (Å²) in [6, 6.07) is 74.6. The van der Waals surface area contributed by atoms with Gasteiger partial charge in [0.1, 0.15) is 11.2 Å². The second-order valence-electron chi connectivity index (χ2n) is 14.9. The van der Waals surface area contributed by atoms with Crippen LogP contribution in [0.25, 0.3) is 91.9 Å². The predicted molar refractivity (Wildman–Crippen MR) is 247 cm³/mol. The number of hydrogen-bond donors (Lipinski definition) is 0.